The average molecular weight is 261 g/mol. The second kappa shape index (κ2) is 5.55. The van der Waals surface area contributed by atoms with E-state index in [4.69, 9.17) is 16.9 Å². The van der Waals surface area contributed by atoms with Crippen molar-refractivity contribution >= 4 is 17.6 Å². The Bertz CT molecular complexity index is 486. The summed E-state index contributed by atoms with van der Waals surface area (Å²) in [5.41, 5.74) is -1.17. The summed E-state index contributed by atoms with van der Waals surface area (Å²) in [6.45, 7) is 0. The van der Waals surface area contributed by atoms with Gasteiger partial charge in [0.05, 0.1) is 12.7 Å². The van der Waals surface area contributed by atoms with Crippen LogP contribution in [-0.2, 0) is 10.6 Å². The van der Waals surface area contributed by atoms with Crippen molar-refractivity contribution in [1.29, 1.82) is 5.26 Å². The molecule has 0 aliphatic heterocycles. The van der Waals surface area contributed by atoms with Crippen LogP contribution in [0, 0.1) is 11.3 Å². The average Bonchev–Trinajstić information content (AvgIpc) is 2.35. The summed E-state index contributed by atoms with van der Waals surface area (Å²) in [5.74, 6) is -0.999. The van der Waals surface area contributed by atoms with Gasteiger partial charge in [0.25, 0.3) is 6.43 Å². The Hall–Kier alpha value is -1.74. The first-order chi connectivity index (χ1) is 8.04. The fourth-order valence-electron chi connectivity index (χ4n) is 1.20. The minimum atomic E-state index is -2.86. The summed E-state index contributed by atoms with van der Waals surface area (Å²) < 4.78 is 29.6. The van der Waals surface area contributed by atoms with Gasteiger partial charge in [0.1, 0.15) is 11.8 Å². The van der Waals surface area contributed by atoms with Crippen molar-refractivity contribution in [3.8, 4) is 6.07 Å². The SMILES string of the molecule is COC(=O)c1nc(C#N)c(C(F)F)cc1CCl. The maximum Gasteiger partial charge on any atom is 0.357 e. The Labute approximate surface area is 101 Å². The lowest BCUT2D eigenvalue weighted by molar-refractivity contribution is 0.0592. The molecule has 0 radical (unpaired) electrons. The number of nitriles is 1. The van der Waals surface area contributed by atoms with Crippen molar-refractivity contribution in [3.63, 3.8) is 0 Å². The van der Waals surface area contributed by atoms with Crippen molar-refractivity contribution in [2.75, 3.05) is 7.11 Å². The van der Waals surface area contributed by atoms with E-state index in [1.54, 1.807) is 0 Å². The van der Waals surface area contributed by atoms with E-state index in [0.29, 0.717) is 0 Å². The number of hydrogen-bond donors (Lipinski definition) is 0. The number of alkyl halides is 3. The third-order valence-electron chi connectivity index (χ3n) is 1.99. The number of methoxy groups -OCH3 is 1. The lowest BCUT2D eigenvalue weighted by Crippen LogP contribution is -2.11. The summed E-state index contributed by atoms with van der Waals surface area (Å²) in [7, 11) is 1.12. The van der Waals surface area contributed by atoms with Gasteiger partial charge in [-0.1, -0.05) is 0 Å². The molecule has 0 unspecified atom stereocenters. The van der Waals surface area contributed by atoms with Crippen LogP contribution in [0.25, 0.3) is 0 Å². The van der Waals surface area contributed by atoms with E-state index in [0.717, 1.165) is 13.2 Å². The van der Waals surface area contributed by atoms with Crippen molar-refractivity contribution in [2.24, 2.45) is 0 Å². The van der Waals surface area contributed by atoms with Gasteiger partial charge in [-0.15, -0.1) is 11.6 Å². The molecule has 0 saturated carbocycles. The van der Waals surface area contributed by atoms with E-state index in [1.807, 2.05) is 0 Å². The zero-order valence-electron chi connectivity index (χ0n) is 8.71. The molecule has 1 rings (SSSR count). The van der Waals surface area contributed by atoms with E-state index in [9.17, 15) is 13.6 Å². The number of carbonyl (C=O) groups is 1. The highest BCUT2D eigenvalue weighted by atomic mass is 35.5. The first-order valence-corrected chi connectivity index (χ1v) is 4.95. The summed E-state index contributed by atoms with van der Waals surface area (Å²) >= 11 is 5.53. The molecular weight excluding hydrogens is 254 g/mol. The molecule has 0 aliphatic rings. The molecule has 0 amide bonds. The van der Waals surface area contributed by atoms with Gasteiger partial charge in [0, 0.05) is 11.4 Å². The number of aromatic nitrogens is 1. The van der Waals surface area contributed by atoms with Crippen LogP contribution in [0.2, 0.25) is 0 Å². The number of nitrogens with zero attached hydrogens (tertiary/aromatic N) is 2. The van der Waals surface area contributed by atoms with Crippen LogP contribution in [-0.4, -0.2) is 18.1 Å². The monoisotopic (exact) mass is 260 g/mol. The molecule has 17 heavy (non-hydrogen) atoms. The fourth-order valence-corrected chi connectivity index (χ4v) is 1.41. The molecule has 0 atom stereocenters. The number of carbonyl (C=O) groups excluding carboxylic acids is 1. The second-order valence-corrected chi connectivity index (χ2v) is 3.24. The van der Waals surface area contributed by atoms with Crippen molar-refractivity contribution < 1.29 is 18.3 Å². The van der Waals surface area contributed by atoms with Gasteiger partial charge in [-0.3, -0.25) is 0 Å². The topological polar surface area (TPSA) is 63.0 Å². The summed E-state index contributed by atoms with van der Waals surface area (Å²) in [6.07, 6.45) is -2.86. The molecule has 0 saturated heterocycles. The Balaban J connectivity index is 3.44. The van der Waals surface area contributed by atoms with Crippen LogP contribution < -0.4 is 0 Å². The minimum absolute atomic E-state index is 0.104. The number of esters is 1. The Morgan fingerprint density at radius 3 is 2.76 bits per heavy atom. The Kier molecular flexibility index (Phi) is 4.35. The Morgan fingerprint density at radius 2 is 2.35 bits per heavy atom. The standard InChI is InChI=1S/C10H7ClF2N2O2/c1-17-10(16)8-5(3-11)2-6(9(12)13)7(4-14)15-8/h2,9H,3H2,1H3. The summed E-state index contributed by atoms with van der Waals surface area (Å²) in [4.78, 5) is 14.9. The third kappa shape index (κ3) is 2.68. The van der Waals surface area contributed by atoms with Crippen LogP contribution in [0.5, 0.6) is 0 Å². The number of rotatable bonds is 3. The van der Waals surface area contributed by atoms with E-state index in [1.165, 1.54) is 6.07 Å². The quantitative estimate of drug-likeness (QED) is 0.618. The Morgan fingerprint density at radius 1 is 1.71 bits per heavy atom. The molecule has 0 bridgehead atoms. The van der Waals surface area contributed by atoms with Crippen molar-refractivity contribution in [2.45, 2.75) is 12.3 Å². The molecule has 0 N–H and O–H groups in total. The molecule has 90 valence electrons. The minimum Gasteiger partial charge on any atom is -0.464 e. The van der Waals surface area contributed by atoms with Crippen LogP contribution in [0.3, 0.4) is 0 Å². The molecule has 7 heteroatoms. The number of halogens is 3. The van der Waals surface area contributed by atoms with Gasteiger partial charge < -0.3 is 4.74 Å². The second-order valence-electron chi connectivity index (χ2n) is 2.97. The normalized spacial score (nSPS) is 10.1. The zero-order chi connectivity index (χ0) is 13.0. The van der Waals surface area contributed by atoms with Crippen LogP contribution in [0.15, 0.2) is 6.07 Å². The summed E-state index contributed by atoms with van der Waals surface area (Å²) in [6, 6.07) is 2.50. The molecule has 4 nitrogen and oxygen atoms in total. The fraction of sp³-hybridized carbons (Fsp3) is 0.300. The highest BCUT2D eigenvalue weighted by Gasteiger charge is 2.21. The molecule has 0 aliphatic carbocycles. The molecule has 1 heterocycles. The molecule has 0 aromatic carbocycles. The van der Waals surface area contributed by atoms with E-state index < -0.39 is 23.7 Å². The largest absolute Gasteiger partial charge is 0.464 e. The third-order valence-corrected chi connectivity index (χ3v) is 2.28. The predicted octanol–water partition coefficient (Wildman–Crippen LogP) is 2.42. The van der Waals surface area contributed by atoms with Crippen LogP contribution >= 0.6 is 11.6 Å². The molecular formula is C10H7ClF2N2O2. The molecule has 1 aromatic rings. The first kappa shape index (κ1) is 13.3. The van der Waals surface area contributed by atoms with Crippen molar-refractivity contribution in [3.05, 3.63) is 28.6 Å². The number of ether oxygens (including phenoxy) is 1. The van der Waals surface area contributed by atoms with Gasteiger partial charge in [-0.25, -0.2) is 18.6 Å². The van der Waals surface area contributed by atoms with Crippen LogP contribution in [0.4, 0.5) is 8.78 Å². The van der Waals surface area contributed by atoms with Gasteiger partial charge in [-0.2, -0.15) is 5.26 Å². The summed E-state index contributed by atoms with van der Waals surface area (Å²) in [5, 5.41) is 8.68. The highest BCUT2D eigenvalue weighted by Crippen LogP contribution is 2.25. The van der Waals surface area contributed by atoms with Gasteiger partial charge in [0.2, 0.25) is 0 Å². The number of pyridine rings is 1. The van der Waals surface area contributed by atoms with E-state index in [2.05, 4.69) is 9.72 Å². The molecule has 0 fully saturated rings. The van der Waals surface area contributed by atoms with Gasteiger partial charge in [-0.05, 0) is 6.07 Å². The van der Waals surface area contributed by atoms with Gasteiger partial charge in [0.15, 0.2) is 5.69 Å². The number of hydrogen-bond acceptors (Lipinski definition) is 4. The van der Waals surface area contributed by atoms with Crippen molar-refractivity contribution in [1.82, 2.24) is 4.98 Å². The lowest BCUT2D eigenvalue weighted by atomic mass is 10.1. The molecule has 1 aromatic heterocycles. The smallest absolute Gasteiger partial charge is 0.357 e. The zero-order valence-corrected chi connectivity index (χ0v) is 9.46. The maximum absolute atomic E-state index is 12.6. The van der Waals surface area contributed by atoms with Gasteiger partial charge >= 0.3 is 5.97 Å². The first-order valence-electron chi connectivity index (χ1n) is 4.41. The lowest BCUT2D eigenvalue weighted by Gasteiger charge is -2.08. The van der Waals surface area contributed by atoms with E-state index >= 15 is 0 Å². The van der Waals surface area contributed by atoms with E-state index in [-0.39, 0.29) is 17.1 Å². The molecule has 0 spiro atoms. The predicted molar refractivity (Wildman–Crippen MR) is 54.8 cm³/mol. The maximum atomic E-state index is 12.6. The van der Waals surface area contributed by atoms with Crippen LogP contribution in [0.1, 0.15) is 33.7 Å². The highest BCUT2D eigenvalue weighted by molar-refractivity contribution is 6.17.